The first-order valence-corrected chi connectivity index (χ1v) is 10.3. The average molecular weight is 405 g/mol. The second kappa shape index (κ2) is 7.63. The Balaban J connectivity index is 1.68. The molecule has 1 aromatic heterocycles. The van der Waals surface area contributed by atoms with E-state index in [1.54, 1.807) is 18.2 Å². The number of hydrogen-bond acceptors (Lipinski definition) is 3. The quantitative estimate of drug-likeness (QED) is 0.502. The number of nitrogens with zero attached hydrogens (tertiary/aromatic N) is 1. The number of cyclic esters (lactones) is 1. The van der Waals surface area contributed by atoms with Gasteiger partial charge in [0.25, 0.3) is 0 Å². The number of fused-ring (bicyclic) bond motifs is 1. The van der Waals surface area contributed by atoms with E-state index in [-0.39, 0.29) is 18.7 Å². The van der Waals surface area contributed by atoms with Gasteiger partial charge >= 0.3 is 5.97 Å². The highest BCUT2D eigenvalue weighted by Gasteiger charge is 2.30. The van der Waals surface area contributed by atoms with E-state index in [0.717, 1.165) is 46.1 Å². The minimum atomic E-state index is -1.19. The SMILES string of the molecule is O=C1C[C@@H](F)C[C@@H](/C=C/c2c(C3CC3)nc3ccccc3c2-c2ccc(F)cc2)O1. The third-order valence-corrected chi connectivity index (χ3v) is 5.69. The summed E-state index contributed by atoms with van der Waals surface area (Å²) in [5, 5.41) is 0.970. The normalized spacial score (nSPS) is 21.9. The molecular weight excluding hydrogens is 384 g/mol. The van der Waals surface area contributed by atoms with Crippen LogP contribution in [0, 0.1) is 5.82 Å². The molecule has 2 fully saturated rings. The molecule has 0 spiro atoms. The molecule has 1 aliphatic carbocycles. The van der Waals surface area contributed by atoms with Crippen LogP contribution in [0.3, 0.4) is 0 Å². The van der Waals surface area contributed by atoms with Crippen molar-refractivity contribution in [1.82, 2.24) is 4.98 Å². The Labute approximate surface area is 173 Å². The first kappa shape index (κ1) is 18.9. The number of alkyl halides is 1. The van der Waals surface area contributed by atoms with Gasteiger partial charge in [0.05, 0.1) is 17.6 Å². The average Bonchev–Trinajstić information content (AvgIpc) is 3.57. The molecule has 0 bridgehead atoms. The number of ether oxygens (including phenoxy) is 1. The van der Waals surface area contributed by atoms with Crippen LogP contribution in [0.15, 0.2) is 54.6 Å². The maximum absolute atomic E-state index is 13.8. The summed E-state index contributed by atoms with van der Waals surface area (Å²) in [4.78, 5) is 16.6. The van der Waals surface area contributed by atoms with E-state index in [4.69, 9.17) is 9.72 Å². The largest absolute Gasteiger partial charge is 0.458 e. The number of carbonyl (C=O) groups excluding carboxylic acids is 1. The predicted molar refractivity (Wildman–Crippen MR) is 112 cm³/mol. The predicted octanol–water partition coefficient (Wildman–Crippen LogP) is 5.98. The lowest BCUT2D eigenvalue weighted by molar-refractivity contribution is -0.154. The summed E-state index contributed by atoms with van der Waals surface area (Å²) in [5.74, 6) is -0.433. The zero-order chi connectivity index (χ0) is 20.7. The Bertz CT molecular complexity index is 1140. The van der Waals surface area contributed by atoms with Crippen molar-refractivity contribution in [3.8, 4) is 11.1 Å². The van der Waals surface area contributed by atoms with Crippen molar-refractivity contribution >= 4 is 22.9 Å². The van der Waals surface area contributed by atoms with Crippen LogP contribution in [0.1, 0.15) is 42.9 Å². The second-order valence-electron chi connectivity index (χ2n) is 8.01. The van der Waals surface area contributed by atoms with Gasteiger partial charge in [-0.2, -0.15) is 0 Å². The molecule has 3 nitrogen and oxygen atoms in total. The van der Waals surface area contributed by atoms with Crippen molar-refractivity contribution in [2.24, 2.45) is 0 Å². The fourth-order valence-electron chi connectivity index (χ4n) is 4.11. The van der Waals surface area contributed by atoms with Crippen LogP contribution in [-0.2, 0) is 9.53 Å². The van der Waals surface area contributed by atoms with Crippen molar-refractivity contribution in [2.75, 3.05) is 0 Å². The Hall–Kier alpha value is -3.08. The van der Waals surface area contributed by atoms with Crippen molar-refractivity contribution in [2.45, 2.75) is 43.9 Å². The van der Waals surface area contributed by atoms with Gasteiger partial charge in [0.2, 0.25) is 0 Å². The Morgan fingerprint density at radius 2 is 1.83 bits per heavy atom. The van der Waals surface area contributed by atoms with E-state index < -0.39 is 18.2 Å². The lowest BCUT2D eigenvalue weighted by Crippen LogP contribution is -2.29. The van der Waals surface area contributed by atoms with E-state index in [2.05, 4.69) is 0 Å². The minimum absolute atomic E-state index is 0.161. The highest BCUT2D eigenvalue weighted by Crippen LogP contribution is 2.45. The van der Waals surface area contributed by atoms with Crippen molar-refractivity contribution in [3.63, 3.8) is 0 Å². The molecule has 2 aromatic carbocycles. The van der Waals surface area contributed by atoms with Crippen LogP contribution in [0.2, 0.25) is 0 Å². The van der Waals surface area contributed by atoms with Gasteiger partial charge in [-0.1, -0.05) is 36.4 Å². The molecule has 0 N–H and O–H groups in total. The van der Waals surface area contributed by atoms with Crippen molar-refractivity contribution in [1.29, 1.82) is 0 Å². The number of aromatic nitrogens is 1. The van der Waals surface area contributed by atoms with Gasteiger partial charge in [0.1, 0.15) is 18.1 Å². The molecule has 30 heavy (non-hydrogen) atoms. The molecule has 0 amide bonds. The molecule has 0 unspecified atom stereocenters. The van der Waals surface area contributed by atoms with Crippen LogP contribution in [-0.4, -0.2) is 23.2 Å². The molecule has 5 heteroatoms. The van der Waals surface area contributed by atoms with Crippen LogP contribution in [0.4, 0.5) is 8.78 Å². The molecule has 2 atom stereocenters. The number of para-hydroxylation sites is 1. The fraction of sp³-hybridized carbons (Fsp3) is 0.280. The zero-order valence-corrected chi connectivity index (χ0v) is 16.4. The third kappa shape index (κ3) is 3.72. The summed E-state index contributed by atoms with van der Waals surface area (Å²) in [7, 11) is 0. The van der Waals surface area contributed by atoms with E-state index in [1.165, 1.54) is 12.1 Å². The maximum atomic E-state index is 13.8. The molecule has 1 saturated carbocycles. The van der Waals surface area contributed by atoms with Gasteiger partial charge in [-0.25, -0.2) is 8.78 Å². The number of pyridine rings is 1. The molecule has 1 saturated heterocycles. The van der Waals surface area contributed by atoms with Gasteiger partial charge in [0.15, 0.2) is 0 Å². The summed E-state index contributed by atoms with van der Waals surface area (Å²) in [6, 6.07) is 14.3. The van der Waals surface area contributed by atoms with Gasteiger partial charge in [0, 0.05) is 28.9 Å². The smallest absolute Gasteiger partial charge is 0.309 e. The number of carbonyl (C=O) groups is 1. The molecule has 0 radical (unpaired) electrons. The Morgan fingerprint density at radius 1 is 1.07 bits per heavy atom. The lowest BCUT2D eigenvalue weighted by atomic mass is 9.92. The zero-order valence-electron chi connectivity index (χ0n) is 16.4. The highest BCUT2D eigenvalue weighted by atomic mass is 19.1. The van der Waals surface area contributed by atoms with E-state index >= 15 is 0 Å². The van der Waals surface area contributed by atoms with Crippen LogP contribution in [0.25, 0.3) is 28.1 Å². The maximum Gasteiger partial charge on any atom is 0.309 e. The molecule has 1 aliphatic heterocycles. The first-order chi connectivity index (χ1) is 14.6. The number of benzene rings is 2. The molecule has 2 heterocycles. The van der Waals surface area contributed by atoms with Crippen molar-refractivity contribution in [3.05, 3.63) is 71.7 Å². The summed E-state index contributed by atoms with van der Waals surface area (Å²) < 4.78 is 32.7. The van der Waals surface area contributed by atoms with Crippen molar-refractivity contribution < 1.29 is 18.3 Å². The molecule has 152 valence electrons. The van der Waals surface area contributed by atoms with Gasteiger partial charge in [-0.05, 0) is 42.7 Å². The third-order valence-electron chi connectivity index (χ3n) is 5.69. The summed E-state index contributed by atoms with van der Waals surface area (Å²) in [5.41, 5.74) is 4.67. The van der Waals surface area contributed by atoms with Gasteiger partial charge < -0.3 is 4.74 Å². The lowest BCUT2D eigenvalue weighted by Gasteiger charge is -2.22. The number of esters is 1. The molecule has 3 aromatic rings. The Kier molecular flexibility index (Phi) is 4.81. The van der Waals surface area contributed by atoms with Gasteiger partial charge in [-0.15, -0.1) is 0 Å². The fourth-order valence-corrected chi connectivity index (χ4v) is 4.11. The van der Waals surface area contributed by atoms with E-state index in [0.29, 0.717) is 5.92 Å². The summed E-state index contributed by atoms with van der Waals surface area (Å²) in [6.07, 6.45) is 4.00. The van der Waals surface area contributed by atoms with Crippen LogP contribution in [0.5, 0.6) is 0 Å². The monoisotopic (exact) mass is 405 g/mol. The van der Waals surface area contributed by atoms with E-state index in [9.17, 15) is 13.6 Å². The Morgan fingerprint density at radius 3 is 2.57 bits per heavy atom. The van der Waals surface area contributed by atoms with E-state index in [1.807, 2.05) is 30.3 Å². The highest BCUT2D eigenvalue weighted by molar-refractivity contribution is 5.99. The van der Waals surface area contributed by atoms with Crippen LogP contribution < -0.4 is 0 Å². The molecule has 5 rings (SSSR count). The minimum Gasteiger partial charge on any atom is -0.458 e. The standard InChI is InChI=1S/C25H21F2NO2/c26-17-9-7-15(8-10-17)24-20-3-1-2-4-22(20)28-25(16-5-6-16)21(24)12-11-19-13-18(27)14-23(29)30-19/h1-4,7-12,16,18-19H,5-6,13-14H2/b12-11+/t18-,19+/m0/s1. The van der Waals surface area contributed by atoms with Gasteiger partial charge in [-0.3, -0.25) is 9.78 Å². The first-order valence-electron chi connectivity index (χ1n) is 10.3. The number of rotatable bonds is 4. The molecular formula is C25H21F2NO2. The summed E-state index contributed by atoms with van der Waals surface area (Å²) in [6.45, 7) is 0. The van der Waals surface area contributed by atoms with Crippen LogP contribution >= 0.6 is 0 Å². The molecule has 2 aliphatic rings. The number of hydrogen-bond donors (Lipinski definition) is 0. The number of halogens is 2. The summed E-state index contributed by atoms with van der Waals surface area (Å²) >= 11 is 0. The topological polar surface area (TPSA) is 39.2 Å². The second-order valence-corrected chi connectivity index (χ2v) is 8.01.